The highest BCUT2D eigenvalue weighted by molar-refractivity contribution is 4.71. The van der Waals surface area contributed by atoms with Crippen LogP contribution in [-0.2, 0) is 4.74 Å². The maximum atomic E-state index is 5.66. The number of hydrogen-bond acceptors (Lipinski definition) is 2. The summed E-state index contributed by atoms with van der Waals surface area (Å²) in [6.07, 6.45) is 6.50. The third-order valence-electron chi connectivity index (χ3n) is 2.80. The van der Waals surface area contributed by atoms with Crippen molar-refractivity contribution < 1.29 is 4.74 Å². The van der Waals surface area contributed by atoms with Gasteiger partial charge < -0.3 is 10.1 Å². The quantitative estimate of drug-likeness (QED) is 0.664. The molecule has 1 rings (SSSR count). The first kappa shape index (κ1) is 12.0. The van der Waals surface area contributed by atoms with Crippen LogP contribution in [0.2, 0.25) is 0 Å². The Morgan fingerprint density at radius 1 is 1.36 bits per heavy atom. The van der Waals surface area contributed by atoms with E-state index >= 15 is 0 Å². The summed E-state index contributed by atoms with van der Waals surface area (Å²) in [6, 6.07) is 0.628. The first-order valence-electron chi connectivity index (χ1n) is 6.10. The van der Waals surface area contributed by atoms with Gasteiger partial charge in [-0.05, 0) is 38.1 Å². The van der Waals surface area contributed by atoms with Crippen molar-refractivity contribution in [2.75, 3.05) is 19.8 Å². The maximum absolute atomic E-state index is 5.66. The van der Waals surface area contributed by atoms with Crippen LogP contribution in [0.3, 0.4) is 0 Å². The fourth-order valence-corrected chi connectivity index (χ4v) is 1.89. The Bertz CT molecular complexity index is 130. The van der Waals surface area contributed by atoms with Gasteiger partial charge in [0.25, 0.3) is 0 Å². The Balaban J connectivity index is 1.87. The minimum atomic E-state index is 0.628. The molecule has 2 heteroatoms. The summed E-state index contributed by atoms with van der Waals surface area (Å²) in [4.78, 5) is 0. The molecule has 1 aliphatic rings. The molecule has 0 amide bonds. The Hall–Kier alpha value is -0.0800. The van der Waals surface area contributed by atoms with Crippen LogP contribution in [0.15, 0.2) is 0 Å². The lowest BCUT2D eigenvalue weighted by molar-refractivity contribution is 0.0983. The molecule has 14 heavy (non-hydrogen) atoms. The van der Waals surface area contributed by atoms with Gasteiger partial charge in [0.05, 0.1) is 6.61 Å². The van der Waals surface area contributed by atoms with Crippen LogP contribution in [0.5, 0.6) is 0 Å². The van der Waals surface area contributed by atoms with E-state index in [4.69, 9.17) is 4.74 Å². The normalized spacial score (nSPS) is 22.9. The number of nitrogens with one attached hydrogen (secondary N) is 1. The molecular weight excluding hydrogens is 174 g/mol. The van der Waals surface area contributed by atoms with Gasteiger partial charge >= 0.3 is 0 Å². The lowest BCUT2D eigenvalue weighted by Gasteiger charge is -2.23. The molecule has 0 aromatic heterocycles. The monoisotopic (exact) mass is 199 g/mol. The highest BCUT2D eigenvalue weighted by Gasteiger charge is 2.11. The Morgan fingerprint density at radius 3 is 2.86 bits per heavy atom. The van der Waals surface area contributed by atoms with Gasteiger partial charge in [-0.25, -0.2) is 0 Å². The van der Waals surface area contributed by atoms with Crippen LogP contribution in [0.1, 0.15) is 46.0 Å². The Labute approximate surface area is 88.4 Å². The molecule has 0 aromatic carbocycles. The average molecular weight is 199 g/mol. The minimum absolute atomic E-state index is 0.628. The molecule has 0 saturated carbocycles. The standard InChI is InChI=1S/C12H25NO/c1-11(2)6-5-9-14-10-12-7-3-4-8-13-12/h11-13H,3-10H2,1-2H3. The molecule has 1 fully saturated rings. The van der Waals surface area contributed by atoms with Crippen LogP contribution in [0.4, 0.5) is 0 Å². The first-order valence-corrected chi connectivity index (χ1v) is 6.10. The zero-order valence-corrected chi connectivity index (χ0v) is 9.72. The van der Waals surface area contributed by atoms with Crippen LogP contribution < -0.4 is 5.32 Å². The van der Waals surface area contributed by atoms with Crippen molar-refractivity contribution in [3.8, 4) is 0 Å². The number of hydrogen-bond donors (Lipinski definition) is 1. The molecular formula is C12H25NO. The van der Waals surface area contributed by atoms with Crippen molar-refractivity contribution in [1.82, 2.24) is 5.32 Å². The third-order valence-corrected chi connectivity index (χ3v) is 2.80. The van der Waals surface area contributed by atoms with E-state index in [9.17, 15) is 0 Å². The van der Waals surface area contributed by atoms with E-state index in [1.165, 1.54) is 38.6 Å². The molecule has 1 atom stereocenters. The van der Waals surface area contributed by atoms with E-state index in [1.807, 2.05) is 0 Å². The second kappa shape index (κ2) is 7.24. The van der Waals surface area contributed by atoms with Crippen LogP contribution in [0, 0.1) is 5.92 Å². The van der Waals surface area contributed by atoms with Crippen molar-refractivity contribution in [2.45, 2.75) is 52.0 Å². The first-order chi connectivity index (χ1) is 6.79. The lowest BCUT2D eigenvalue weighted by atomic mass is 10.1. The summed E-state index contributed by atoms with van der Waals surface area (Å²) in [5, 5.41) is 3.49. The van der Waals surface area contributed by atoms with Crippen molar-refractivity contribution in [3.63, 3.8) is 0 Å². The Morgan fingerprint density at radius 2 is 2.21 bits per heavy atom. The SMILES string of the molecule is CC(C)CCCOCC1CCCCN1. The van der Waals surface area contributed by atoms with Crippen molar-refractivity contribution in [3.05, 3.63) is 0 Å². The fraction of sp³-hybridized carbons (Fsp3) is 1.00. The molecule has 2 nitrogen and oxygen atoms in total. The molecule has 1 saturated heterocycles. The smallest absolute Gasteiger partial charge is 0.0619 e. The van der Waals surface area contributed by atoms with Crippen molar-refractivity contribution >= 4 is 0 Å². The second-order valence-corrected chi connectivity index (χ2v) is 4.76. The van der Waals surface area contributed by atoms with Gasteiger partial charge in [0.2, 0.25) is 0 Å². The third kappa shape index (κ3) is 5.61. The molecule has 1 heterocycles. The zero-order valence-electron chi connectivity index (χ0n) is 9.72. The Kier molecular flexibility index (Phi) is 6.20. The predicted molar refractivity (Wildman–Crippen MR) is 60.5 cm³/mol. The summed E-state index contributed by atoms with van der Waals surface area (Å²) in [6.45, 7) is 7.57. The van der Waals surface area contributed by atoms with E-state index in [-0.39, 0.29) is 0 Å². The van der Waals surface area contributed by atoms with Gasteiger partial charge in [-0.3, -0.25) is 0 Å². The van der Waals surface area contributed by atoms with Gasteiger partial charge in [0.15, 0.2) is 0 Å². The summed E-state index contributed by atoms with van der Waals surface area (Å²) in [5.74, 6) is 0.811. The summed E-state index contributed by atoms with van der Waals surface area (Å²) in [5.41, 5.74) is 0. The largest absolute Gasteiger partial charge is 0.380 e. The highest BCUT2D eigenvalue weighted by atomic mass is 16.5. The topological polar surface area (TPSA) is 21.3 Å². The van der Waals surface area contributed by atoms with E-state index < -0.39 is 0 Å². The maximum Gasteiger partial charge on any atom is 0.0619 e. The van der Waals surface area contributed by atoms with Gasteiger partial charge in [-0.2, -0.15) is 0 Å². The van der Waals surface area contributed by atoms with Crippen molar-refractivity contribution in [2.24, 2.45) is 5.92 Å². The molecule has 0 spiro atoms. The van der Waals surface area contributed by atoms with Gasteiger partial charge in [-0.1, -0.05) is 20.3 Å². The average Bonchev–Trinajstić information content (AvgIpc) is 2.18. The highest BCUT2D eigenvalue weighted by Crippen LogP contribution is 2.08. The van der Waals surface area contributed by atoms with Gasteiger partial charge in [0, 0.05) is 12.6 Å². The minimum Gasteiger partial charge on any atom is -0.380 e. The van der Waals surface area contributed by atoms with E-state index in [2.05, 4.69) is 19.2 Å². The molecule has 0 aromatic rings. The second-order valence-electron chi connectivity index (χ2n) is 4.76. The van der Waals surface area contributed by atoms with Crippen LogP contribution in [0.25, 0.3) is 0 Å². The molecule has 1 unspecified atom stereocenters. The number of piperidine rings is 1. The molecule has 1 N–H and O–H groups in total. The van der Waals surface area contributed by atoms with E-state index in [0.717, 1.165) is 19.1 Å². The molecule has 0 bridgehead atoms. The van der Waals surface area contributed by atoms with Gasteiger partial charge in [-0.15, -0.1) is 0 Å². The van der Waals surface area contributed by atoms with Crippen molar-refractivity contribution in [1.29, 1.82) is 0 Å². The van der Waals surface area contributed by atoms with E-state index in [1.54, 1.807) is 0 Å². The number of rotatable bonds is 6. The molecule has 0 radical (unpaired) electrons. The molecule has 84 valence electrons. The predicted octanol–water partition coefficient (Wildman–Crippen LogP) is 2.58. The molecule has 1 aliphatic heterocycles. The summed E-state index contributed by atoms with van der Waals surface area (Å²) >= 11 is 0. The summed E-state index contributed by atoms with van der Waals surface area (Å²) in [7, 11) is 0. The zero-order chi connectivity index (χ0) is 10.2. The number of ether oxygens (including phenoxy) is 1. The van der Waals surface area contributed by atoms with Gasteiger partial charge in [0.1, 0.15) is 0 Å². The lowest BCUT2D eigenvalue weighted by Crippen LogP contribution is -2.37. The molecule has 0 aliphatic carbocycles. The van der Waals surface area contributed by atoms with Crippen LogP contribution in [-0.4, -0.2) is 25.8 Å². The summed E-state index contributed by atoms with van der Waals surface area (Å²) < 4.78 is 5.66. The fourth-order valence-electron chi connectivity index (χ4n) is 1.89. The van der Waals surface area contributed by atoms with Crippen LogP contribution >= 0.6 is 0 Å². The van der Waals surface area contributed by atoms with E-state index in [0.29, 0.717) is 6.04 Å².